The van der Waals surface area contributed by atoms with Gasteiger partial charge in [-0.1, -0.05) is 35.3 Å². The van der Waals surface area contributed by atoms with Crippen molar-refractivity contribution in [1.29, 1.82) is 0 Å². The Morgan fingerprint density at radius 2 is 1.75 bits per heavy atom. The molecule has 10 heteroatoms. The fraction of sp³-hybridized carbons (Fsp3) is 0.111. The number of ether oxygens (including phenoxy) is 1. The smallest absolute Gasteiger partial charge is 0.353 e. The Morgan fingerprint density at radius 3 is 2.43 bits per heavy atom. The Kier molecular flexibility index (Phi) is 6.13. The van der Waals surface area contributed by atoms with E-state index < -0.39 is 4.92 Å². The highest BCUT2D eigenvalue weighted by molar-refractivity contribution is 6.31. The number of nitrogens with zero attached hydrogens (tertiary/aromatic N) is 3. The summed E-state index contributed by atoms with van der Waals surface area (Å²) < 4.78 is 5.26. The molecule has 0 aliphatic rings. The molecule has 3 aromatic rings. The molecule has 1 heterocycles. The Hall–Kier alpha value is -3.10. The minimum atomic E-state index is -0.552. The van der Waals surface area contributed by atoms with Gasteiger partial charge in [0.1, 0.15) is 12.1 Å². The van der Waals surface area contributed by atoms with Crippen LogP contribution in [0, 0.1) is 10.1 Å². The van der Waals surface area contributed by atoms with Crippen LogP contribution in [0.5, 0.6) is 5.75 Å². The summed E-state index contributed by atoms with van der Waals surface area (Å²) in [6.07, 6.45) is 1.23. The van der Waals surface area contributed by atoms with Crippen LogP contribution in [0.1, 0.15) is 5.56 Å². The first-order valence-electron chi connectivity index (χ1n) is 8.06. The third kappa shape index (κ3) is 4.59. The summed E-state index contributed by atoms with van der Waals surface area (Å²) >= 11 is 11.9. The van der Waals surface area contributed by atoms with Gasteiger partial charge in [0, 0.05) is 16.6 Å². The zero-order chi connectivity index (χ0) is 20.1. The highest BCUT2D eigenvalue weighted by atomic mass is 35.5. The van der Waals surface area contributed by atoms with Crippen molar-refractivity contribution in [2.75, 3.05) is 17.7 Å². The number of anilines is 3. The number of hydrogen-bond donors (Lipinski definition) is 2. The number of aromatic nitrogens is 2. The maximum atomic E-state index is 11.7. The predicted octanol–water partition coefficient (Wildman–Crippen LogP) is 5.06. The first-order chi connectivity index (χ1) is 13.5. The van der Waals surface area contributed by atoms with Gasteiger partial charge in [-0.2, -0.15) is 0 Å². The highest BCUT2D eigenvalue weighted by Crippen LogP contribution is 2.35. The van der Waals surface area contributed by atoms with Crippen LogP contribution in [0.4, 0.5) is 23.0 Å². The maximum Gasteiger partial charge on any atom is 0.353 e. The first kappa shape index (κ1) is 19.7. The average Bonchev–Trinajstić information content (AvgIpc) is 2.67. The molecular formula is C18H15Cl2N5O3. The predicted molar refractivity (Wildman–Crippen MR) is 109 cm³/mol. The molecule has 0 amide bonds. The fourth-order valence-electron chi connectivity index (χ4n) is 2.47. The molecule has 0 aliphatic carbocycles. The van der Waals surface area contributed by atoms with Gasteiger partial charge in [0.25, 0.3) is 0 Å². The molecule has 2 aromatic carbocycles. The Labute approximate surface area is 170 Å². The zero-order valence-electron chi connectivity index (χ0n) is 14.6. The van der Waals surface area contributed by atoms with Gasteiger partial charge in [-0.25, -0.2) is 9.97 Å². The van der Waals surface area contributed by atoms with Crippen molar-refractivity contribution in [2.24, 2.45) is 0 Å². The summed E-state index contributed by atoms with van der Waals surface area (Å²) in [6, 6.07) is 12.0. The van der Waals surface area contributed by atoms with Crippen LogP contribution in [0.2, 0.25) is 10.0 Å². The van der Waals surface area contributed by atoms with Gasteiger partial charge in [-0.05, 0) is 35.9 Å². The second-order valence-corrected chi connectivity index (χ2v) is 6.50. The number of nitrogens with one attached hydrogen (secondary N) is 2. The third-order valence-electron chi connectivity index (χ3n) is 3.79. The first-order valence-corrected chi connectivity index (χ1v) is 8.82. The van der Waals surface area contributed by atoms with E-state index in [4.69, 9.17) is 27.9 Å². The molecule has 0 aliphatic heterocycles. The molecular weight excluding hydrogens is 405 g/mol. The highest BCUT2D eigenvalue weighted by Gasteiger charge is 2.24. The van der Waals surface area contributed by atoms with Crippen LogP contribution in [-0.2, 0) is 6.54 Å². The van der Waals surface area contributed by atoms with Crippen LogP contribution in [0.15, 0.2) is 48.8 Å². The summed E-state index contributed by atoms with van der Waals surface area (Å²) in [5.74, 6) is 0.561. The van der Waals surface area contributed by atoms with Gasteiger partial charge >= 0.3 is 5.69 Å². The van der Waals surface area contributed by atoms with Crippen LogP contribution in [0.3, 0.4) is 0 Å². The van der Waals surface area contributed by atoms with Crippen molar-refractivity contribution in [3.8, 4) is 5.75 Å². The fourth-order valence-corrected chi connectivity index (χ4v) is 2.76. The van der Waals surface area contributed by atoms with Crippen LogP contribution in [0.25, 0.3) is 0 Å². The molecule has 0 radical (unpaired) electrons. The Morgan fingerprint density at radius 1 is 1.07 bits per heavy atom. The van der Waals surface area contributed by atoms with E-state index in [1.807, 2.05) is 12.1 Å². The van der Waals surface area contributed by atoms with Crippen molar-refractivity contribution in [3.05, 3.63) is 74.5 Å². The number of benzene rings is 2. The molecule has 1 aromatic heterocycles. The lowest BCUT2D eigenvalue weighted by atomic mass is 10.2. The number of rotatable bonds is 7. The van der Waals surface area contributed by atoms with Gasteiger partial charge in [0.2, 0.25) is 11.6 Å². The SMILES string of the molecule is COc1ccc(Cl)cc1Nc1ncnc(NCc2ccc(Cl)cc2)c1[N+](=O)[O-]. The molecule has 0 saturated carbocycles. The third-order valence-corrected chi connectivity index (χ3v) is 4.28. The second kappa shape index (κ2) is 8.73. The van der Waals surface area contributed by atoms with Crippen LogP contribution in [-0.4, -0.2) is 22.0 Å². The number of halogens is 2. The van der Waals surface area contributed by atoms with Gasteiger partial charge in [0.15, 0.2) is 0 Å². The Balaban J connectivity index is 1.90. The molecule has 0 spiro atoms. The van der Waals surface area contributed by atoms with E-state index in [0.717, 1.165) is 5.56 Å². The van der Waals surface area contributed by atoms with E-state index in [-0.39, 0.29) is 17.3 Å². The lowest BCUT2D eigenvalue weighted by molar-refractivity contribution is -0.383. The molecule has 3 rings (SSSR count). The van der Waals surface area contributed by atoms with E-state index in [0.29, 0.717) is 28.0 Å². The molecule has 144 valence electrons. The van der Waals surface area contributed by atoms with Gasteiger partial charge in [-0.15, -0.1) is 0 Å². The normalized spacial score (nSPS) is 10.4. The Bertz CT molecular complexity index is 999. The van der Waals surface area contributed by atoms with E-state index in [1.165, 1.54) is 13.4 Å². The average molecular weight is 420 g/mol. The van der Waals surface area contributed by atoms with Crippen molar-refractivity contribution < 1.29 is 9.66 Å². The molecule has 8 nitrogen and oxygen atoms in total. The standard InChI is InChI=1S/C18H15Cl2N5O3/c1-28-15-7-6-13(20)8-14(15)24-18-16(25(26)27)17(22-10-23-18)21-9-11-2-4-12(19)5-3-11/h2-8,10H,9H2,1H3,(H2,21,22,23,24). The van der Waals surface area contributed by atoms with E-state index >= 15 is 0 Å². The van der Waals surface area contributed by atoms with Crippen molar-refractivity contribution in [3.63, 3.8) is 0 Å². The van der Waals surface area contributed by atoms with Gasteiger partial charge < -0.3 is 15.4 Å². The lowest BCUT2D eigenvalue weighted by Gasteiger charge is -2.12. The summed E-state index contributed by atoms with van der Waals surface area (Å²) in [5.41, 5.74) is 1.04. The van der Waals surface area contributed by atoms with Crippen molar-refractivity contribution in [1.82, 2.24) is 9.97 Å². The summed E-state index contributed by atoms with van der Waals surface area (Å²) in [5, 5.41) is 18.6. The van der Waals surface area contributed by atoms with Crippen LogP contribution < -0.4 is 15.4 Å². The minimum absolute atomic E-state index is 0.0131. The molecule has 0 saturated heterocycles. The molecule has 28 heavy (non-hydrogen) atoms. The summed E-state index contributed by atoms with van der Waals surface area (Å²) in [6.45, 7) is 0.328. The number of hydrogen-bond acceptors (Lipinski definition) is 7. The van der Waals surface area contributed by atoms with Crippen molar-refractivity contribution in [2.45, 2.75) is 6.54 Å². The molecule has 2 N–H and O–H groups in total. The second-order valence-electron chi connectivity index (χ2n) is 5.63. The van der Waals surface area contributed by atoms with E-state index in [9.17, 15) is 10.1 Å². The topological polar surface area (TPSA) is 102 Å². The molecule has 0 fully saturated rings. The minimum Gasteiger partial charge on any atom is -0.495 e. The molecule has 0 atom stereocenters. The van der Waals surface area contributed by atoms with Gasteiger partial charge in [0.05, 0.1) is 17.7 Å². The van der Waals surface area contributed by atoms with Crippen LogP contribution >= 0.6 is 23.2 Å². The summed E-state index contributed by atoms with van der Waals surface area (Å²) in [4.78, 5) is 19.1. The number of methoxy groups -OCH3 is 1. The quantitative estimate of drug-likeness (QED) is 0.407. The zero-order valence-corrected chi connectivity index (χ0v) is 16.2. The van der Waals surface area contributed by atoms with Gasteiger partial charge in [-0.3, -0.25) is 10.1 Å². The number of nitro groups is 1. The summed E-state index contributed by atoms with van der Waals surface area (Å²) in [7, 11) is 1.49. The van der Waals surface area contributed by atoms with E-state index in [1.54, 1.807) is 30.3 Å². The van der Waals surface area contributed by atoms with E-state index in [2.05, 4.69) is 20.6 Å². The molecule has 0 unspecified atom stereocenters. The maximum absolute atomic E-state index is 11.7. The lowest BCUT2D eigenvalue weighted by Crippen LogP contribution is -2.08. The monoisotopic (exact) mass is 419 g/mol. The largest absolute Gasteiger partial charge is 0.495 e. The molecule has 0 bridgehead atoms. The van der Waals surface area contributed by atoms with Crippen molar-refractivity contribution >= 4 is 46.2 Å².